The summed E-state index contributed by atoms with van der Waals surface area (Å²) >= 11 is 3.71. The molecule has 2 atom stereocenters. The molecule has 1 aliphatic rings. The summed E-state index contributed by atoms with van der Waals surface area (Å²) < 4.78 is 23.7. The van der Waals surface area contributed by atoms with Gasteiger partial charge in [0, 0.05) is 4.83 Å². The van der Waals surface area contributed by atoms with Gasteiger partial charge in [0.2, 0.25) is 0 Å². The molecule has 1 aromatic carbocycles. The maximum Gasteiger partial charge on any atom is 0.152 e. The minimum Gasteiger partial charge on any atom is -0.229 e. The van der Waals surface area contributed by atoms with Crippen LogP contribution in [0.3, 0.4) is 0 Å². The van der Waals surface area contributed by atoms with Crippen molar-refractivity contribution in [2.75, 3.05) is 5.75 Å². The van der Waals surface area contributed by atoms with E-state index in [-0.39, 0.29) is 5.25 Å². The largest absolute Gasteiger partial charge is 0.229 e. The van der Waals surface area contributed by atoms with Crippen molar-refractivity contribution < 1.29 is 8.42 Å². The molecule has 2 rings (SSSR count). The Hall–Kier alpha value is -0.350. The van der Waals surface area contributed by atoms with Gasteiger partial charge in [0.1, 0.15) is 0 Å². The first-order chi connectivity index (χ1) is 8.42. The topological polar surface area (TPSA) is 34.1 Å². The highest BCUT2D eigenvalue weighted by Gasteiger charge is 2.31. The lowest BCUT2D eigenvalue weighted by Gasteiger charge is -2.15. The fourth-order valence-corrected chi connectivity index (χ4v) is 4.43. The van der Waals surface area contributed by atoms with Crippen molar-refractivity contribution in [3.63, 3.8) is 0 Å². The van der Waals surface area contributed by atoms with Gasteiger partial charge in [-0.05, 0) is 43.7 Å². The summed E-state index contributed by atoms with van der Waals surface area (Å²) in [5, 5.41) is -0.268. The summed E-state index contributed by atoms with van der Waals surface area (Å²) in [6, 6.07) is 8.36. The van der Waals surface area contributed by atoms with Crippen LogP contribution in [0.5, 0.6) is 0 Å². The van der Waals surface area contributed by atoms with Gasteiger partial charge in [0.25, 0.3) is 0 Å². The van der Waals surface area contributed by atoms with Gasteiger partial charge in [-0.2, -0.15) is 0 Å². The van der Waals surface area contributed by atoms with Crippen molar-refractivity contribution in [2.24, 2.45) is 5.92 Å². The standard InChI is InChI=1S/C14H19BrO2S/c1-10(2)18(16,17)8-7-12-9-11-5-3-4-6-13(11)14(12)15/h3-6,10,12,14H,7-9H2,1-2H3. The van der Waals surface area contributed by atoms with Crippen LogP contribution in [0.15, 0.2) is 24.3 Å². The predicted molar refractivity (Wildman–Crippen MR) is 78.8 cm³/mol. The van der Waals surface area contributed by atoms with E-state index in [1.165, 1.54) is 11.1 Å². The zero-order valence-corrected chi connectivity index (χ0v) is 13.2. The summed E-state index contributed by atoms with van der Waals surface area (Å²) in [4.78, 5) is 0.302. The Labute approximate surface area is 118 Å². The lowest BCUT2D eigenvalue weighted by Crippen LogP contribution is -2.20. The van der Waals surface area contributed by atoms with Crippen LogP contribution < -0.4 is 0 Å². The molecule has 1 aromatic rings. The van der Waals surface area contributed by atoms with Crippen LogP contribution in [0.1, 0.15) is 36.2 Å². The van der Waals surface area contributed by atoms with Crippen molar-refractivity contribution in [1.82, 2.24) is 0 Å². The molecule has 0 radical (unpaired) electrons. The molecule has 0 saturated carbocycles. The lowest BCUT2D eigenvalue weighted by atomic mass is 10.0. The minimum atomic E-state index is -2.92. The Kier molecular flexibility index (Phi) is 4.17. The zero-order chi connectivity index (χ0) is 13.3. The molecule has 100 valence electrons. The van der Waals surface area contributed by atoms with E-state index in [0.717, 1.165) is 12.8 Å². The summed E-state index contributed by atoms with van der Waals surface area (Å²) in [7, 11) is -2.92. The Morgan fingerprint density at radius 3 is 2.61 bits per heavy atom. The zero-order valence-electron chi connectivity index (χ0n) is 10.8. The first-order valence-electron chi connectivity index (χ1n) is 6.35. The molecule has 4 heteroatoms. The van der Waals surface area contributed by atoms with Gasteiger partial charge in [-0.15, -0.1) is 0 Å². The fraction of sp³-hybridized carbons (Fsp3) is 0.571. The van der Waals surface area contributed by atoms with Crippen molar-refractivity contribution in [1.29, 1.82) is 0 Å². The average Bonchev–Trinajstić information content (AvgIpc) is 2.64. The molecule has 0 saturated heterocycles. The van der Waals surface area contributed by atoms with Gasteiger partial charge in [-0.1, -0.05) is 40.2 Å². The number of rotatable bonds is 4. The fourth-order valence-electron chi connectivity index (χ4n) is 2.43. The Bertz CT molecular complexity index is 522. The van der Waals surface area contributed by atoms with Crippen LogP contribution in [0, 0.1) is 5.92 Å². The van der Waals surface area contributed by atoms with Gasteiger partial charge in [-0.25, -0.2) is 8.42 Å². The number of alkyl halides is 1. The van der Waals surface area contributed by atoms with Crippen molar-refractivity contribution in [3.8, 4) is 0 Å². The molecule has 0 spiro atoms. The molecule has 0 bridgehead atoms. The van der Waals surface area contributed by atoms with Gasteiger partial charge >= 0.3 is 0 Å². The highest BCUT2D eigenvalue weighted by Crippen LogP contribution is 2.43. The number of benzene rings is 1. The van der Waals surface area contributed by atoms with E-state index >= 15 is 0 Å². The Morgan fingerprint density at radius 1 is 1.33 bits per heavy atom. The monoisotopic (exact) mass is 330 g/mol. The third-order valence-electron chi connectivity index (χ3n) is 3.74. The Balaban J connectivity index is 2.03. The van der Waals surface area contributed by atoms with Crippen LogP contribution in [0.2, 0.25) is 0 Å². The van der Waals surface area contributed by atoms with Crippen molar-refractivity contribution in [2.45, 2.75) is 36.8 Å². The quantitative estimate of drug-likeness (QED) is 0.791. The van der Waals surface area contributed by atoms with Crippen LogP contribution in [-0.2, 0) is 16.3 Å². The summed E-state index contributed by atoms with van der Waals surface area (Å²) in [5.74, 6) is 0.696. The molecule has 18 heavy (non-hydrogen) atoms. The predicted octanol–water partition coefficient (Wildman–Crippen LogP) is 3.51. The van der Waals surface area contributed by atoms with Gasteiger partial charge in [0.15, 0.2) is 9.84 Å². The molecular weight excluding hydrogens is 312 g/mol. The molecular formula is C14H19BrO2S. The molecule has 0 amide bonds. The van der Waals surface area contributed by atoms with E-state index in [1.54, 1.807) is 13.8 Å². The number of sulfone groups is 1. The van der Waals surface area contributed by atoms with Gasteiger partial charge < -0.3 is 0 Å². The maximum atomic E-state index is 11.9. The average molecular weight is 331 g/mol. The Morgan fingerprint density at radius 2 is 2.00 bits per heavy atom. The SMILES string of the molecule is CC(C)S(=O)(=O)CCC1Cc2ccccc2C1Br. The lowest BCUT2D eigenvalue weighted by molar-refractivity contribution is 0.525. The van der Waals surface area contributed by atoms with Crippen molar-refractivity contribution >= 4 is 25.8 Å². The normalized spacial score (nSPS) is 23.3. The number of halogens is 1. The van der Waals surface area contributed by atoms with E-state index in [2.05, 4.69) is 28.1 Å². The molecule has 0 fully saturated rings. The van der Waals surface area contributed by atoms with Crippen molar-refractivity contribution in [3.05, 3.63) is 35.4 Å². The molecule has 0 N–H and O–H groups in total. The van der Waals surface area contributed by atoms with Crippen LogP contribution in [0.25, 0.3) is 0 Å². The van der Waals surface area contributed by atoms with Crippen LogP contribution in [-0.4, -0.2) is 19.4 Å². The molecule has 0 aliphatic heterocycles. The maximum absolute atomic E-state index is 11.9. The number of fused-ring (bicyclic) bond motifs is 1. The molecule has 0 heterocycles. The van der Waals surface area contributed by atoms with Crippen LogP contribution >= 0.6 is 15.9 Å². The highest BCUT2D eigenvalue weighted by molar-refractivity contribution is 9.09. The molecule has 1 aliphatic carbocycles. The smallest absolute Gasteiger partial charge is 0.152 e. The minimum absolute atomic E-state index is 0.268. The van der Waals surface area contributed by atoms with E-state index in [4.69, 9.17) is 0 Å². The van der Waals surface area contributed by atoms with E-state index in [9.17, 15) is 8.42 Å². The summed E-state index contributed by atoms with van der Waals surface area (Å²) in [6.45, 7) is 3.51. The van der Waals surface area contributed by atoms with Crippen LogP contribution in [0.4, 0.5) is 0 Å². The van der Waals surface area contributed by atoms with E-state index < -0.39 is 9.84 Å². The van der Waals surface area contributed by atoms with Gasteiger partial charge in [0.05, 0.1) is 11.0 Å². The summed E-state index contributed by atoms with van der Waals surface area (Å²) in [6.07, 6.45) is 1.73. The second-order valence-electron chi connectivity index (χ2n) is 5.27. The van der Waals surface area contributed by atoms with Gasteiger partial charge in [-0.3, -0.25) is 0 Å². The first-order valence-corrected chi connectivity index (χ1v) is 8.98. The third-order valence-corrected chi connectivity index (χ3v) is 7.22. The highest BCUT2D eigenvalue weighted by atomic mass is 79.9. The molecule has 0 aromatic heterocycles. The first kappa shape index (κ1) is 14.1. The number of hydrogen-bond donors (Lipinski definition) is 0. The third kappa shape index (κ3) is 2.80. The van der Waals surface area contributed by atoms with E-state index in [0.29, 0.717) is 16.5 Å². The summed E-state index contributed by atoms with van der Waals surface area (Å²) in [5.41, 5.74) is 2.68. The molecule has 2 nitrogen and oxygen atoms in total. The number of hydrogen-bond acceptors (Lipinski definition) is 2. The second kappa shape index (κ2) is 5.33. The second-order valence-corrected chi connectivity index (χ2v) is 8.93. The van der Waals surface area contributed by atoms with E-state index in [1.807, 2.05) is 12.1 Å². The molecule has 2 unspecified atom stereocenters.